The molecule has 0 aromatic heterocycles. The molecule has 0 saturated carbocycles. The maximum absolute atomic E-state index is 11.9. The maximum Gasteiger partial charge on any atom is 0.240 e. The fraction of sp³-hybridized carbons (Fsp3) is 0.833. The fourth-order valence-electron chi connectivity index (χ4n) is 1.32. The number of hydrogen-bond donors (Lipinski definition) is 2. The van der Waals surface area contributed by atoms with Crippen LogP contribution in [0.5, 0.6) is 0 Å². The van der Waals surface area contributed by atoms with Gasteiger partial charge in [0.15, 0.2) is 0 Å². The number of carbonyl (C=O) groups is 1. The topological polar surface area (TPSA) is 73.1 Å². The number of amides is 1. The summed E-state index contributed by atoms with van der Waals surface area (Å²) in [7, 11) is 0. The van der Waals surface area contributed by atoms with E-state index in [9.17, 15) is 4.79 Å². The Hall–Kier alpha value is -1.08. The van der Waals surface area contributed by atoms with Crippen molar-refractivity contribution >= 4 is 5.91 Å². The highest BCUT2D eigenvalue weighted by Gasteiger charge is 2.35. The van der Waals surface area contributed by atoms with Gasteiger partial charge in [-0.2, -0.15) is 5.26 Å². The quantitative estimate of drug-likeness (QED) is 0.720. The van der Waals surface area contributed by atoms with Crippen molar-refractivity contribution in [1.29, 1.82) is 5.26 Å². The van der Waals surface area contributed by atoms with Gasteiger partial charge >= 0.3 is 0 Å². The van der Waals surface area contributed by atoms with Crippen molar-refractivity contribution in [3.05, 3.63) is 0 Å². The monoisotopic (exact) mass is 226 g/mol. The molecule has 0 aliphatic heterocycles. The van der Waals surface area contributed by atoms with E-state index in [1.807, 2.05) is 27.7 Å². The van der Waals surface area contributed by atoms with Crippen LogP contribution in [0.1, 0.15) is 40.5 Å². The van der Waals surface area contributed by atoms with Crippen molar-refractivity contribution in [2.24, 2.45) is 10.8 Å². The van der Waals surface area contributed by atoms with Crippen molar-refractivity contribution in [2.45, 2.75) is 40.5 Å². The van der Waals surface area contributed by atoms with Crippen molar-refractivity contribution < 1.29 is 9.90 Å². The highest BCUT2D eigenvalue weighted by molar-refractivity contribution is 5.85. The van der Waals surface area contributed by atoms with Crippen LogP contribution in [-0.4, -0.2) is 24.2 Å². The Balaban J connectivity index is 4.52. The van der Waals surface area contributed by atoms with Gasteiger partial charge in [0.1, 0.15) is 5.41 Å². The first kappa shape index (κ1) is 14.9. The second kappa shape index (κ2) is 5.86. The van der Waals surface area contributed by atoms with E-state index >= 15 is 0 Å². The molecule has 4 nitrogen and oxygen atoms in total. The summed E-state index contributed by atoms with van der Waals surface area (Å²) < 4.78 is 0. The number of rotatable bonds is 6. The Morgan fingerprint density at radius 1 is 1.38 bits per heavy atom. The largest absolute Gasteiger partial charge is 0.396 e. The van der Waals surface area contributed by atoms with Crippen LogP contribution in [-0.2, 0) is 4.79 Å². The summed E-state index contributed by atoms with van der Waals surface area (Å²) in [5.74, 6) is -0.235. The summed E-state index contributed by atoms with van der Waals surface area (Å²) in [6, 6.07) is 2.09. The lowest BCUT2D eigenvalue weighted by molar-refractivity contribution is -0.129. The third-order valence-electron chi connectivity index (χ3n) is 3.01. The number of nitrogens with zero attached hydrogens (tertiary/aromatic N) is 1. The zero-order valence-corrected chi connectivity index (χ0v) is 10.6. The fourth-order valence-corrected chi connectivity index (χ4v) is 1.32. The molecule has 0 unspecified atom stereocenters. The lowest BCUT2D eigenvalue weighted by Gasteiger charge is -2.27. The van der Waals surface area contributed by atoms with Crippen LogP contribution in [0.25, 0.3) is 0 Å². The summed E-state index contributed by atoms with van der Waals surface area (Å²) in [4.78, 5) is 11.9. The first-order valence-corrected chi connectivity index (χ1v) is 5.68. The Bertz CT molecular complexity index is 275. The molecule has 0 aromatic rings. The summed E-state index contributed by atoms with van der Waals surface area (Å²) in [5.41, 5.74) is -1.27. The first-order chi connectivity index (χ1) is 7.37. The molecule has 0 spiro atoms. The molecule has 0 saturated heterocycles. The number of hydrogen-bond acceptors (Lipinski definition) is 3. The van der Waals surface area contributed by atoms with Gasteiger partial charge in [-0.25, -0.2) is 0 Å². The zero-order chi connectivity index (χ0) is 12.8. The van der Waals surface area contributed by atoms with Crippen molar-refractivity contribution in [3.8, 4) is 6.07 Å². The van der Waals surface area contributed by atoms with Crippen molar-refractivity contribution in [1.82, 2.24) is 5.32 Å². The molecule has 0 radical (unpaired) electrons. The van der Waals surface area contributed by atoms with Gasteiger partial charge in [0, 0.05) is 18.6 Å². The second-order valence-electron chi connectivity index (χ2n) is 4.91. The number of nitrogens with one attached hydrogen (secondary N) is 1. The molecule has 16 heavy (non-hydrogen) atoms. The minimum atomic E-state index is -0.925. The second-order valence-corrected chi connectivity index (χ2v) is 4.91. The van der Waals surface area contributed by atoms with Crippen LogP contribution >= 0.6 is 0 Å². The summed E-state index contributed by atoms with van der Waals surface area (Å²) in [6.07, 6.45) is 1.01. The number of nitriles is 1. The van der Waals surface area contributed by atoms with Crippen LogP contribution < -0.4 is 5.32 Å². The van der Waals surface area contributed by atoms with Crippen LogP contribution in [0.15, 0.2) is 0 Å². The van der Waals surface area contributed by atoms with Crippen LogP contribution in [0, 0.1) is 22.2 Å². The standard InChI is InChI=1S/C12H22N2O2/c1-5-12(6-2,7-13)10(16)14-8-11(3,4)9-15/h15H,5-6,8-9H2,1-4H3,(H,14,16). The van der Waals surface area contributed by atoms with E-state index in [0.717, 1.165) is 0 Å². The number of aliphatic hydroxyl groups excluding tert-OH is 1. The molecule has 0 fully saturated rings. The maximum atomic E-state index is 11.9. The Labute approximate surface area is 97.7 Å². The van der Waals surface area contributed by atoms with Gasteiger partial charge in [0.05, 0.1) is 6.07 Å². The van der Waals surface area contributed by atoms with Crippen LogP contribution in [0.3, 0.4) is 0 Å². The van der Waals surface area contributed by atoms with E-state index in [2.05, 4.69) is 11.4 Å². The predicted molar refractivity (Wildman–Crippen MR) is 62.5 cm³/mol. The minimum absolute atomic E-state index is 0.00504. The molecular weight excluding hydrogens is 204 g/mol. The lowest BCUT2D eigenvalue weighted by Crippen LogP contribution is -2.44. The molecular formula is C12H22N2O2. The van der Waals surface area contributed by atoms with Gasteiger partial charge in [-0.1, -0.05) is 27.7 Å². The summed E-state index contributed by atoms with van der Waals surface area (Å²) >= 11 is 0. The van der Waals surface area contributed by atoms with Gasteiger partial charge in [0.25, 0.3) is 0 Å². The molecule has 0 aromatic carbocycles. The molecule has 0 atom stereocenters. The van der Waals surface area contributed by atoms with Gasteiger partial charge in [0.2, 0.25) is 5.91 Å². The average Bonchev–Trinajstić information content (AvgIpc) is 2.29. The van der Waals surface area contributed by atoms with Gasteiger partial charge < -0.3 is 10.4 Å². The summed E-state index contributed by atoms with van der Waals surface area (Å²) in [6.45, 7) is 7.78. The molecule has 0 bridgehead atoms. The van der Waals surface area contributed by atoms with Crippen molar-refractivity contribution in [2.75, 3.05) is 13.2 Å². The Morgan fingerprint density at radius 3 is 2.19 bits per heavy atom. The lowest BCUT2D eigenvalue weighted by atomic mass is 9.82. The molecule has 92 valence electrons. The average molecular weight is 226 g/mol. The minimum Gasteiger partial charge on any atom is -0.396 e. The van der Waals surface area contributed by atoms with E-state index in [1.54, 1.807) is 0 Å². The number of aliphatic hydroxyl groups is 1. The Morgan fingerprint density at radius 2 is 1.88 bits per heavy atom. The number of carbonyl (C=O) groups excluding carboxylic acids is 1. The molecule has 0 aliphatic rings. The van der Waals surface area contributed by atoms with E-state index in [4.69, 9.17) is 10.4 Å². The third-order valence-corrected chi connectivity index (χ3v) is 3.01. The zero-order valence-electron chi connectivity index (χ0n) is 10.6. The summed E-state index contributed by atoms with van der Waals surface area (Å²) in [5, 5.41) is 20.9. The highest BCUT2D eigenvalue weighted by atomic mass is 16.3. The highest BCUT2D eigenvalue weighted by Crippen LogP contribution is 2.25. The molecule has 0 rings (SSSR count). The molecule has 2 N–H and O–H groups in total. The molecule has 1 amide bonds. The Kier molecular flexibility index (Phi) is 5.46. The molecule has 4 heteroatoms. The van der Waals surface area contributed by atoms with E-state index in [1.165, 1.54) is 0 Å². The normalized spacial score (nSPS) is 12.0. The van der Waals surface area contributed by atoms with E-state index in [-0.39, 0.29) is 17.9 Å². The molecule has 0 aliphatic carbocycles. The van der Waals surface area contributed by atoms with Gasteiger partial charge in [-0.3, -0.25) is 4.79 Å². The molecule has 0 heterocycles. The van der Waals surface area contributed by atoms with Gasteiger partial charge in [-0.15, -0.1) is 0 Å². The van der Waals surface area contributed by atoms with Crippen LogP contribution in [0.2, 0.25) is 0 Å². The first-order valence-electron chi connectivity index (χ1n) is 5.68. The van der Waals surface area contributed by atoms with E-state index in [0.29, 0.717) is 19.4 Å². The van der Waals surface area contributed by atoms with E-state index < -0.39 is 5.41 Å². The van der Waals surface area contributed by atoms with Crippen LogP contribution in [0.4, 0.5) is 0 Å². The smallest absolute Gasteiger partial charge is 0.240 e. The van der Waals surface area contributed by atoms with Gasteiger partial charge in [-0.05, 0) is 12.8 Å². The third kappa shape index (κ3) is 3.49. The predicted octanol–water partition coefficient (Wildman–Crippen LogP) is 1.45. The SMILES string of the molecule is CCC(C#N)(CC)C(=O)NCC(C)(C)CO. The van der Waals surface area contributed by atoms with Crippen molar-refractivity contribution in [3.63, 3.8) is 0 Å².